The number of ether oxygens (including phenoxy) is 2. The van der Waals surface area contributed by atoms with Crippen LogP contribution in [0.5, 0.6) is 0 Å². The van der Waals surface area contributed by atoms with Crippen LogP contribution < -0.4 is 0 Å². The average Bonchev–Trinajstić information content (AvgIpc) is 2.66. The molecule has 2 aliphatic carbocycles. The molecule has 1 heterocycles. The predicted molar refractivity (Wildman–Crippen MR) is 96.3 cm³/mol. The third-order valence-corrected chi connectivity index (χ3v) is 5.20. The van der Waals surface area contributed by atoms with Gasteiger partial charge in [-0.1, -0.05) is 17.7 Å². The Labute approximate surface area is 150 Å². The van der Waals surface area contributed by atoms with Gasteiger partial charge in [0.05, 0.1) is 13.2 Å². The number of nitrogens with zero attached hydrogens (tertiary/aromatic N) is 1. The van der Waals surface area contributed by atoms with Crippen LogP contribution in [0.4, 0.5) is 0 Å². The molecule has 0 spiro atoms. The standard InChI is InChI=1S/C20H29NO4/c22-20(23)19(10-9-16-5-2-1-3-6-16)25-18-8-4-7-17(15-18)21-11-13-24-14-12-21/h4-5,8,15,17,19H,1-3,6-7,9-14H2,(H,22,23). The molecule has 1 saturated heterocycles. The number of carboxylic acid groups (broad SMARTS) is 1. The molecular weight excluding hydrogens is 318 g/mol. The second-order valence-corrected chi connectivity index (χ2v) is 7.01. The Balaban J connectivity index is 1.56. The molecule has 5 nitrogen and oxygen atoms in total. The first-order valence-electron chi connectivity index (χ1n) is 9.50. The van der Waals surface area contributed by atoms with Gasteiger partial charge in [0.25, 0.3) is 0 Å². The van der Waals surface area contributed by atoms with Gasteiger partial charge in [-0.3, -0.25) is 4.90 Å². The van der Waals surface area contributed by atoms with Crippen LogP contribution >= 0.6 is 0 Å². The number of hydrogen-bond acceptors (Lipinski definition) is 4. The van der Waals surface area contributed by atoms with Gasteiger partial charge in [-0.2, -0.15) is 0 Å². The maximum absolute atomic E-state index is 11.6. The molecule has 138 valence electrons. The van der Waals surface area contributed by atoms with E-state index in [9.17, 15) is 9.90 Å². The van der Waals surface area contributed by atoms with E-state index in [1.54, 1.807) is 0 Å². The van der Waals surface area contributed by atoms with Crippen LogP contribution in [-0.2, 0) is 14.3 Å². The van der Waals surface area contributed by atoms with Crippen molar-refractivity contribution in [2.45, 2.75) is 57.1 Å². The third kappa shape index (κ3) is 5.44. The topological polar surface area (TPSA) is 59.0 Å². The molecule has 2 atom stereocenters. The van der Waals surface area contributed by atoms with E-state index in [4.69, 9.17) is 9.47 Å². The molecule has 0 aromatic heterocycles. The number of morpholine rings is 1. The summed E-state index contributed by atoms with van der Waals surface area (Å²) >= 11 is 0. The van der Waals surface area contributed by atoms with E-state index in [2.05, 4.69) is 23.1 Å². The van der Waals surface area contributed by atoms with Crippen LogP contribution in [0.25, 0.3) is 0 Å². The normalized spacial score (nSPS) is 25.8. The van der Waals surface area contributed by atoms with Gasteiger partial charge in [0, 0.05) is 19.1 Å². The Kier molecular flexibility index (Phi) is 6.70. The zero-order valence-corrected chi connectivity index (χ0v) is 14.9. The number of rotatable bonds is 7. The Morgan fingerprint density at radius 1 is 1.36 bits per heavy atom. The van der Waals surface area contributed by atoms with Crippen molar-refractivity contribution in [2.24, 2.45) is 0 Å². The molecule has 0 amide bonds. The fourth-order valence-electron chi connectivity index (χ4n) is 3.72. The minimum Gasteiger partial charge on any atom is -0.479 e. The van der Waals surface area contributed by atoms with Crippen molar-refractivity contribution in [2.75, 3.05) is 26.3 Å². The first-order valence-corrected chi connectivity index (χ1v) is 9.50. The third-order valence-electron chi connectivity index (χ3n) is 5.20. The van der Waals surface area contributed by atoms with E-state index in [0.717, 1.165) is 52.0 Å². The van der Waals surface area contributed by atoms with E-state index in [1.807, 2.05) is 6.08 Å². The fraction of sp³-hybridized carbons (Fsp3) is 0.650. The molecule has 1 N–H and O–H groups in total. The van der Waals surface area contributed by atoms with Gasteiger partial charge in [0.1, 0.15) is 5.76 Å². The second kappa shape index (κ2) is 9.20. The fourth-order valence-corrected chi connectivity index (χ4v) is 3.72. The van der Waals surface area contributed by atoms with Gasteiger partial charge in [-0.25, -0.2) is 4.79 Å². The smallest absolute Gasteiger partial charge is 0.344 e. The van der Waals surface area contributed by atoms with Crippen molar-refractivity contribution >= 4 is 5.97 Å². The maximum atomic E-state index is 11.6. The first-order chi connectivity index (χ1) is 12.2. The summed E-state index contributed by atoms with van der Waals surface area (Å²) in [6.45, 7) is 3.35. The predicted octanol–water partition coefficient (Wildman–Crippen LogP) is 3.28. The lowest BCUT2D eigenvalue weighted by Crippen LogP contribution is -2.43. The van der Waals surface area contributed by atoms with Crippen molar-refractivity contribution < 1.29 is 19.4 Å². The van der Waals surface area contributed by atoms with Crippen LogP contribution in [0.15, 0.2) is 35.6 Å². The van der Waals surface area contributed by atoms with E-state index in [0.29, 0.717) is 12.2 Å². The zero-order chi connectivity index (χ0) is 17.5. The summed E-state index contributed by atoms with van der Waals surface area (Å²) in [6.07, 6.45) is 14.6. The van der Waals surface area contributed by atoms with Crippen LogP contribution in [0, 0.1) is 0 Å². The molecule has 25 heavy (non-hydrogen) atoms. The average molecular weight is 347 g/mol. The highest BCUT2D eigenvalue weighted by Crippen LogP contribution is 2.24. The summed E-state index contributed by atoms with van der Waals surface area (Å²) in [5, 5.41) is 9.53. The van der Waals surface area contributed by atoms with Crippen molar-refractivity contribution in [1.82, 2.24) is 4.90 Å². The Bertz CT molecular complexity index is 546. The first kappa shape index (κ1) is 18.2. The molecule has 0 aromatic rings. The number of carboxylic acids is 1. The highest BCUT2D eigenvalue weighted by atomic mass is 16.5. The number of carbonyl (C=O) groups is 1. The molecule has 0 saturated carbocycles. The summed E-state index contributed by atoms with van der Waals surface area (Å²) in [5.74, 6) is -0.188. The second-order valence-electron chi connectivity index (χ2n) is 7.01. The summed E-state index contributed by atoms with van der Waals surface area (Å²) in [6, 6.07) is 0.277. The summed E-state index contributed by atoms with van der Waals surface area (Å²) in [7, 11) is 0. The Hall–Kier alpha value is -1.59. The van der Waals surface area contributed by atoms with Crippen LogP contribution in [0.3, 0.4) is 0 Å². The van der Waals surface area contributed by atoms with Crippen molar-refractivity contribution in [3.8, 4) is 0 Å². The SMILES string of the molecule is O=C(O)C(CCC1=CCCCC1)OC1=CC(N2CCOCC2)CC=C1. The molecule has 3 aliphatic rings. The quantitative estimate of drug-likeness (QED) is 0.716. The zero-order valence-electron chi connectivity index (χ0n) is 14.9. The van der Waals surface area contributed by atoms with Gasteiger partial charge >= 0.3 is 5.97 Å². The van der Waals surface area contributed by atoms with Gasteiger partial charge in [0.2, 0.25) is 0 Å². The molecule has 0 radical (unpaired) electrons. The lowest BCUT2D eigenvalue weighted by atomic mass is 9.95. The van der Waals surface area contributed by atoms with E-state index >= 15 is 0 Å². The van der Waals surface area contributed by atoms with Gasteiger partial charge in [0.15, 0.2) is 6.10 Å². The van der Waals surface area contributed by atoms with Crippen LogP contribution in [0.2, 0.25) is 0 Å². The minimum absolute atomic E-state index is 0.277. The van der Waals surface area contributed by atoms with Crippen molar-refractivity contribution in [3.63, 3.8) is 0 Å². The molecular formula is C20H29NO4. The van der Waals surface area contributed by atoms with E-state index in [-0.39, 0.29) is 6.04 Å². The molecule has 0 aromatic carbocycles. The molecule has 1 aliphatic heterocycles. The molecule has 1 fully saturated rings. The Morgan fingerprint density at radius 2 is 2.20 bits per heavy atom. The van der Waals surface area contributed by atoms with Gasteiger partial charge < -0.3 is 14.6 Å². The largest absolute Gasteiger partial charge is 0.479 e. The van der Waals surface area contributed by atoms with Crippen molar-refractivity contribution in [1.29, 1.82) is 0 Å². The van der Waals surface area contributed by atoms with Gasteiger partial charge in [-0.05, 0) is 57.1 Å². The molecule has 0 bridgehead atoms. The number of allylic oxidation sites excluding steroid dienone is 3. The highest BCUT2D eigenvalue weighted by Gasteiger charge is 2.24. The lowest BCUT2D eigenvalue weighted by molar-refractivity contribution is -0.147. The van der Waals surface area contributed by atoms with Crippen LogP contribution in [-0.4, -0.2) is 54.4 Å². The van der Waals surface area contributed by atoms with Crippen molar-refractivity contribution in [3.05, 3.63) is 35.6 Å². The number of aliphatic carboxylic acids is 1. The lowest BCUT2D eigenvalue weighted by Gasteiger charge is -2.34. The monoisotopic (exact) mass is 347 g/mol. The Morgan fingerprint density at radius 3 is 2.92 bits per heavy atom. The number of hydrogen-bond donors (Lipinski definition) is 1. The van der Waals surface area contributed by atoms with E-state index in [1.165, 1.54) is 18.4 Å². The maximum Gasteiger partial charge on any atom is 0.344 e. The van der Waals surface area contributed by atoms with Gasteiger partial charge in [-0.15, -0.1) is 0 Å². The summed E-state index contributed by atoms with van der Waals surface area (Å²) in [4.78, 5) is 14.0. The highest BCUT2D eigenvalue weighted by molar-refractivity contribution is 5.72. The molecule has 5 heteroatoms. The minimum atomic E-state index is -0.876. The summed E-state index contributed by atoms with van der Waals surface area (Å²) in [5.41, 5.74) is 1.39. The summed E-state index contributed by atoms with van der Waals surface area (Å²) < 4.78 is 11.3. The molecule has 3 rings (SSSR count). The molecule has 2 unspecified atom stereocenters. The van der Waals surface area contributed by atoms with Crippen LogP contribution in [0.1, 0.15) is 44.9 Å². The van der Waals surface area contributed by atoms with E-state index < -0.39 is 12.1 Å².